The first-order chi connectivity index (χ1) is 9.12. The maximum atomic E-state index is 11.7. The number of alkyl carbamates (subject to hydrolysis) is 1. The number of nitrogens with one attached hydrogen (secondary N) is 1. The van der Waals surface area contributed by atoms with Crippen molar-refractivity contribution in [3.63, 3.8) is 0 Å². The Kier molecular flexibility index (Phi) is 7.94. The Balaban J connectivity index is 4.44. The Labute approximate surface area is 126 Å². The Bertz CT molecular complexity index is 335. The second kappa shape index (κ2) is 8.35. The number of aldehydes is 1. The molecule has 0 aliphatic heterocycles. The third kappa shape index (κ3) is 8.25. The van der Waals surface area contributed by atoms with Gasteiger partial charge in [0.25, 0.3) is 0 Å². The fourth-order valence-electron chi connectivity index (χ4n) is 1.46. The predicted octanol–water partition coefficient (Wildman–Crippen LogP) is 3.56. The number of allylic oxidation sites excluding steroid dienone is 1. The lowest BCUT2D eigenvalue weighted by Crippen LogP contribution is -2.50. The van der Waals surface area contributed by atoms with E-state index in [0.717, 1.165) is 24.9 Å². The van der Waals surface area contributed by atoms with Crippen molar-refractivity contribution in [2.75, 3.05) is 5.75 Å². The minimum atomic E-state index is -0.578. The van der Waals surface area contributed by atoms with Crippen molar-refractivity contribution >= 4 is 24.1 Å². The zero-order valence-electron chi connectivity index (χ0n) is 13.2. The first-order valence-electron chi connectivity index (χ1n) is 6.82. The van der Waals surface area contributed by atoms with Crippen molar-refractivity contribution in [2.24, 2.45) is 0 Å². The fourth-order valence-corrected chi connectivity index (χ4v) is 2.59. The van der Waals surface area contributed by atoms with Gasteiger partial charge in [-0.2, -0.15) is 11.8 Å². The van der Waals surface area contributed by atoms with E-state index in [4.69, 9.17) is 4.74 Å². The third-order valence-corrected chi connectivity index (χ3v) is 4.07. The Morgan fingerprint density at radius 1 is 1.35 bits per heavy atom. The Hall–Kier alpha value is -0.970. The molecule has 0 saturated heterocycles. The molecular formula is C15H27NO3S. The molecule has 0 aliphatic rings. The molecule has 0 aromatic carbocycles. The molecule has 0 spiro atoms. The monoisotopic (exact) mass is 301 g/mol. The van der Waals surface area contributed by atoms with Crippen molar-refractivity contribution in [2.45, 2.75) is 63.9 Å². The average Bonchev–Trinajstić information content (AvgIpc) is 2.29. The van der Waals surface area contributed by atoms with E-state index in [1.807, 2.05) is 19.9 Å². The molecule has 0 saturated carbocycles. The summed E-state index contributed by atoms with van der Waals surface area (Å²) in [6.45, 7) is 12.9. The minimum absolute atomic E-state index is 0.375. The fraction of sp³-hybridized carbons (Fsp3) is 0.733. The number of thioether (sulfide) groups is 1. The van der Waals surface area contributed by atoms with Crippen LogP contribution in [-0.4, -0.2) is 34.5 Å². The molecule has 116 valence electrons. The van der Waals surface area contributed by atoms with Crippen LogP contribution in [0.3, 0.4) is 0 Å². The average molecular weight is 301 g/mol. The zero-order chi connectivity index (χ0) is 15.8. The summed E-state index contributed by atoms with van der Waals surface area (Å²) in [5.74, 6) is 0.916. The molecule has 4 nitrogen and oxygen atoms in total. The molecule has 1 atom stereocenters. The molecule has 0 bridgehead atoms. The van der Waals surface area contributed by atoms with E-state index in [1.165, 1.54) is 0 Å². The van der Waals surface area contributed by atoms with Crippen molar-refractivity contribution in [3.8, 4) is 0 Å². The maximum Gasteiger partial charge on any atom is 0.408 e. The van der Waals surface area contributed by atoms with Gasteiger partial charge >= 0.3 is 6.09 Å². The molecule has 0 fully saturated rings. The van der Waals surface area contributed by atoms with Crippen LogP contribution in [-0.2, 0) is 9.53 Å². The third-order valence-electron chi connectivity index (χ3n) is 2.58. The Morgan fingerprint density at radius 3 is 2.40 bits per heavy atom. The summed E-state index contributed by atoms with van der Waals surface area (Å²) >= 11 is 1.66. The zero-order valence-corrected chi connectivity index (χ0v) is 14.0. The SMILES string of the molecule is C=CCCCSC(C)(C)[C@@H](C=O)NC(=O)OC(C)(C)C. The van der Waals surface area contributed by atoms with E-state index in [1.54, 1.807) is 32.5 Å². The van der Waals surface area contributed by atoms with Gasteiger partial charge in [-0.05, 0) is 53.2 Å². The van der Waals surface area contributed by atoms with E-state index in [2.05, 4.69) is 11.9 Å². The first-order valence-corrected chi connectivity index (χ1v) is 7.80. The number of amides is 1. The molecule has 20 heavy (non-hydrogen) atoms. The predicted molar refractivity (Wildman–Crippen MR) is 85.2 cm³/mol. The van der Waals surface area contributed by atoms with Crippen LogP contribution in [0.15, 0.2) is 12.7 Å². The standard InChI is InChI=1S/C15H27NO3S/c1-7-8-9-10-20-15(5,6)12(11-17)16-13(18)19-14(2,3)4/h7,11-12H,1,8-10H2,2-6H3,(H,16,18)/t12-/m1/s1. The van der Waals surface area contributed by atoms with E-state index < -0.39 is 17.7 Å². The minimum Gasteiger partial charge on any atom is -0.444 e. The molecular weight excluding hydrogens is 274 g/mol. The van der Waals surface area contributed by atoms with Crippen LogP contribution in [0.1, 0.15) is 47.5 Å². The summed E-state index contributed by atoms with van der Waals surface area (Å²) in [4.78, 5) is 23.0. The molecule has 0 aromatic rings. The molecule has 0 radical (unpaired) electrons. The number of carbonyl (C=O) groups excluding carboxylic acids is 2. The highest BCUT2D eigenvalue weighted by Gasteiger charge is 2.32. The highest BCUT2D eigenvalue weighted by Crippen LogP contribution is 2.28. The van der Waals surface area contributed by atoms with Gasteiger partial charge in [0.15, 0.2) is 0 Å². The molecule has 0 unspecified atom stereocenters. The van der Waals surface area contributed by atoms with Crippen LogP contribution in [0.4, 0.5) is 4.79 Å². The lowest BCUT2D eigenvalue weighted by atomic mass is 10.1. The maximum absolute atomic E-state index is 11.7. The lowest BCUT2D eigenvalue weighted by molar-refractivity contribution is -0.110. The number of ether oxygens (including phenoxy) is 1. The largest absolute Gasteiger partial charge is 0.444 e. The van der Waals surface area contributed by atoms with Crippen LogP contribution in [0.25, 0.3) is 0 Å². The van der Waals surface area contributed by atoms with Gasteiger partial charge in [-0.1, -0.05) is 6.08 Å². The number of hydrogen-bond acceptors (Lipinski definition) is 4. The van der Waals surface area contributed by atoms with Gasteiger partial charge in [-0.3, -0.25) is 0 Å². The highest BCUT2D eigenvalue weighted by atomic mass is 32.2. The summed E-state index contributed by atoms with van der Waals surface area (Å²) in [6.07, 6.45) is 4.05. The van der Waals surface area contributed by atoms with Gasteiger partial charge in [0.05, 0.1) is 0 Å². The van der Waals surface area contributed by atoms with Gasteiger partial charge < -0.3 is 14.8 Å². The van der Waals surface area contributed by atoms with E-state index in [-0.39, 0.29) is 4.75 Å². The first kappa shape index (κ1) is 19.0. The normalized spacial score (nSPS) is 13.4. The van der Waals surface area contributed by atoms with Crippen molar-refractivity contribution < 1.29 is 14.3 Å². The molecule has 0 aromatic heterocycles. The quantitative estimate of drug-likeness (QED) is 0.423. The summed E-state index contributed by atoms with van der Waals surface area (Å²) in [5, 5.41) is 2.63. The summed E-state index contributed by atoms with van der Waals surface area (Å²) in [7, 11) is 0. The van der Waals surface area contributed by atoms with Crippen molar-refractivity contribution in [3.05, 3.63) is 12.7 Å². The van der Waals surface area contributed by atoms with Gasteiger partial charge in [-0.25, -0.2) is 4.79 Å². The van der Waals surface area contributed by atoms with Crippen LogP contribution in [0.5, 0.6) is 0 Å². The Morgan fingerprint density at radius 2 is 1.95 bits per heavy atom. The van der Waals surface area contributed by atoms with Crippen LogP contribution in [0.2, 0.25) is 0 Å². The summed E-state index contributed by atoms with van der Waals surface area (Å²) in [6, 6.07) is -0.578. The molecule has 1 N–H and O–H groups in total. The van der Waals surface area contributed by atoms with Crippen LogP contribution < -0.4 is 5.32 Å². The number of carbonyl (C=O) groups is 2. The molecule has 0 rings (SSSR count). The molecule has 1 amide bonds. The summed E-state index contributed by atoms with van der Waals surface area (Å²) < 4.78 is 4.80. The molecule has 0 aliphatic carbocycles. The van der Waals surface area contributed by atoms with Gasteiger partial charge in [0.2, 0.25) is 0 Å². The van der Waals surface area contributed by atoms with Gasteiger partial charge in [0.1, 0.15) is 17.9 Å². The van der Waals surface area contributed by atoms with E-state index in [0.29, 0.717) is 0 Å². The number of rotatable bonds is 8. The van der Waals surface area contributed by atoms with Gasteiger partial charge in [-0.15, -0.1) is 6.58 Å². The van der Waals surface area contributed by atoms with E-state index in [9.17, 15) is 9.59 Å². The second-order valence-corrected chi connectivity index (χ2v) is 7.89. The molecule has 5 heteroatoms. The number of unbranched alkanes of at least 4 members (excludes halogenated alkanes) is 1. The smallest absolute Gasteiger partial charge is 0.408 e. The highest BCUT2D eigenvalue weighted by molar-refractivity contribution is 8.00. The summed E-state index contributed by atoms with van der Waals surface area (Å²) in [5.41, 5.74) is -0.571. The van der Waals surface area contributed by atoms with Crippen molar-refractivity contribution in [1.82, 2.24) is 5.32 Å². The lowest BCUT2D eigenvalue weighted by Gasteiger charge is -2.31. The van der Waals surface area contributed by atoms with E-state index >= 15 is 0 Å². The van der Waals surface area contributed by atoms with Crippen LogP contribution >= 0.6 is 11.8 Å². The van der Waals surface area contributed by atoms with Crippen LogP contribution in [0, 0.1) is 0 Å². The number of hydrogen-bond donors (Lipinski definition) is 1. The van der Waals surface area contributed by atoms with Crippen molar-refractivity contribution in [1.29, 1.82) is 0 Å². The molecule has 0 heterocycles. The van der Waals surface area contributed by atoms with Gasteiger partial charge in [0, 0.05) is 4.75 Å². The topological polar surface area (TPSA) is 55.4 Å². The second-order valence-electron chi connectivity index (χ2n) is 6.14.